The number of hydrogen-bond acceptors (Lipinski definition) is 4. The Morgan fingerprint density at radius 3 is 2.71 bits per heavy atom. The molecule has 0 saturated carbocycles. The Labute approximate surface area is 187 Å². The Kier molecular flexibility index (Phi) is 6.64. The van der Waals surface area contributed by atoms with E-state index in [1.54, 1.807) is 6.20 Å². The van der Waals surface area contributed by atoms with Gasteiger partial charge in [-0.05, 0) is 97.3 Å². The van der Waals surface area contributed by atoms with Crippen LogP contribution in [0.4, 0.5) is 5.69 Å². The van der Waals surface area contributed by atoms with Gasteiger partial charge >= 0.3 is 0 Å². The van der Waals surface area contributed by atoms with E-state index in [-0.39, 0.29) is 11.7 Å². The molecule has 0 aliphatic carbocycles. The zero-order chi connectivity index (χ0) is 22.0. The molecule has 164 valence electrons. The summed E-state index contributed by atoms with van der Waals surface area (Å²) in [5.74, 6) is 0.771. The highest BCUT2D eigenvalue weighted by Gasteiger charge is 2.33. The second-order valence-corrected chi connectivity index (χ2v) is 9.86. The highest BCUT2D eigenvalue weighted by molar-refractivity contribution is 7.51. The first-order valence-electron chi connectivity index (χ1n) is 11.2. The molecule has 0 spiro atoms. The number of anilines is 1. The van der Waals surface area contributed by atoms with Crippen LogP contribution in [0.25, 0.3) is 11.4 Å². The van der Waals surface area contributed by atoms with Crippen LogP contribution in [-0.4, -0.2) is 48.2 Å². The van der Waals surface area contributed by atoms with Crippen LogP contribution in [0.3, 0.4) is 0 Å². The first-order valence-corrected chi connectivity index (χ1v) is 12.2. The van der Waals surface area contributed by atoms with E-state index in [1.807, 2.05) is 24.1 Å². The van der Waals surface area contributed by atoms with Crippen molar-refractivity contribution in [3.63, 3.8) is 0 Å². The highest BCUT2D eigenvalue weighted by Crippen LogP contribution is 2.48. The molecule has 1 aromatic carbocycles. The molecule has 4 rings (SSSR count). The van der Waals surface area contributed by atoms with Crippen LogP contribution < -0.4 is 11.1 Å². The summed E-state index contributed by atoms with van der Waals surface area (Å²) >= 11 is 0. The fourth-order valence-electron chi connectivity index (χ4n) is 4.77. The van der Waals surface area contributed by atoms with E-state index in [0.29, 0.717) is 14.5 Å². The monoisotopic (exact) mass is 436 g/mol. The summed E-state index contributed by atoms with van der Waals surface area (Å²) in [5.41, 5.74) is 11.4. The second-order valence-electron chi connectivity index (χ2n) is 8.49. The number of piperidine rings is 1. The van der Waals surface area contributed by atoms with Crippen molar-refractivity contribution >= 4 is 31.6 Å². The predicted octanol–water partition coefficient (Wildman–Crippen LogP) is 4.42. The molecule has 5 nitrogen and oxygen atoms in total. The third kappa shape index (κ3) is 4.49. The molecule has 1 saturated heterocycles. The molecule has 1 fully saturated rings. The van der Waals surface area contributed by atoms with Gasteiger partial charge in [0.2, 0.25) is 0 Å². The molecule has 3 N–H and O–H groups in total. The number of carbonyl (C=O) groups excluding carboxylic acids is 1. The Morgan fingerprint density at radius 2 is 2.03 bits per heavy atom. The highest BCUT2D eigenvalue weighted by atomic mass is 31.1. The molecule has 0 aromatic heterocycles. The summed E-state index contributed by atoms with van der Waals surface area (Å²) in [4.78, 5) is 17.6. The fourth-order valence-corrected chi connectivity index (χ4v) is 6.24. The molecule has 2 unspecified atom stereocenters. The van der Waals surface area contributed by atoms with E-state index in [2.05, 4.69) is 54.5 Å². The van der Waals surface area contributed by atoms with Gasteiger partial charge in [-0.3, -0.25) is 4.79 Å². The molecule has 3 aliphatic rings. The second kappa shape index (κ2) is 9.42. The topological polar surface area (TPSA) is 61.6 Å². The summed E-state index contributed by atoms with van der Waals surface area (Å²) in [6.07, 6.45) is 12.1. The SMILES string of the molecule is CCN1CCC(C2=CN3C(=O)C=C(c4ccc(NC)c(C=CN)c4)PC3C(C)=C2)CC1. The largest absolute Gasteiger partial charge is 0.405 e. The van der Waals surface area contributed by atoms with Crippen LogP contribution in [0.5, 0.6) is 0 Å². The van der Waals surface area contributed by atoms with Crippen LogP contribution >= 0.6 is 8.58 Å². The number of nitrogens with two attached hydrogens (primary N) is 1. The standard InChI is InChI=1S/C25H33N4OP/c1-4-28-11-8-18(9-12-28)21-13-17(2)25-29(16-21)24(30)15-23(31-25)20-5-6-22(27-3)19(14-20)7-10-26/h5-7,10,13-16,18,25,27,31H,4,8-9,11-12,26H2,1-3H3. The molecule has 31 heavy (non-hydrogen) atoms. The zero-order valence-corrected chi connectivity index (χ0v) is 19.7. The Balaban J connectivity index is 1.58. The normalized spacial score (nSPS) is 23.6. The number of amides is 1. The van der Waals surface area contributed by atoms with E-state index in [9.17, 15) is 4.79 Å². The van der Waals surface area contributed by atoms with Crippen molar-refractivity contribution < 1.29 is 4.79 Å². The summed E-state index contributed by atoms with van der Waals surface area (Å²) < 4.78 is 0. The summed E-state index contributed by atoms with van der Waals surface area (Å²) in [7, 11) is 2.43. The molecule has 0 radical (unpaired) electrons. The average molecular weight is 437 g/mol. The van der Waals surface area contributed by atoms with Crippen LogP contribution in [0.1, 0.15) is 37.8 Å². The number of likely N-dealkylation sites (tertiary alicyclic amines) is 1. The van der Waals surface area contributed by atoms with Crippen molar-refractivity contribution in [2.45, 2.75) is 32.5 Å². The third-order valence-corrected chi connectivity index (χ3v) is 8.37. The molecular weight excluding hydrogens is 403 g/mol. The van der Waals surface area contributed by atoms with Gasteiger partial charge in [0.15, 0.2) is 0 Å². The number of carbonyl (C=O) groups is 1. The number of allylic oxidation sites excluding steroid dienone is 2. The molecule has 1 amide bonds. The van der Waals surface area contributed by atoms with Gasteiger partial charge in [-0.25, -0.2) is 0 Å². The smallest absolute Gasteiger partial charge is 0.252 e. The van der Waals surface area contributed by atoms with Gasteiger partial charge in [-0.2, -0.15) is 0 Å². The van der Waals surface area contributed by atoms with Crippen molar-refractivity contribution in [3.05, 3.63) is 65.0 Å². The predicted molar refractivity (Wildman–Crippen MR) is 133 cm³/mol. The number of nitrogens with one attached hydrogen (secondary N) is 1. The van der Waals surface area contributed by atoms with Crippen LogP contribution in [-0.2, 0) is 4.79 Å². The van der Waals surface area contributed by atoms with Gasteiger partial charge in [-0.15, -0.1) is 0 Å². The van der Waals surface area contributed by atoms with Crippen LogP contribution in [0, 0.1) is 5.92 Å². The maximum Gasteiger partial charge on any atom is 0.252 e. The van der Waals surface area contributed by atoms with Gasteiger partial charge in [-0.1, -0.05) is 27.6 Å². The van der Waals surface area contributed by atoms with Crippen molar-refractivity contribution in [1.82, 2.24) is 9.80 Å². The Morgan fingerprint density at radius 1 is 1.26 bits per heavy atom. The third-order valence-electron chi connectivity index (χ3n) is 6.62. The molecule has 6 heteroatoms. The molecule has 3 aliphatic heterocycles. The van der Waals surface area contributed by atoms with E-state index >= 15 is 0 Å². The van der Waals surface area contributed by atoms with E-state index in [4.69, 9.17) is 5.73 Å². The first kappa shape index (κ1) is 21.9. The Hall–Kier alpha value is -2.36. The average Bonchev–Trinajstić information content (AvgIpc) is 2.79. The lowest BCUT2D eigenvalue weighted by Crippen LogP contribution is -2.39. The maximum absolute atomic E-state index is 13.1. The quantitative estimate of drug-likeness (QED) is 0.671. The first-order chi connectivity index (χ1) is 15.0. The van der Waals surface area contributed by atoms with Crippen LogP contribution in [0.15, 0.2) is 53.9 Å². The molecule has 0 bridgehead atoms. The van der Waals surface area contributed by atoms with Crippen molar-refractivity contribution in [3.8, 4) is 0 Å². The maximum atomic E-state index is 13.1. The lowest BCUT2D eigenvalue weighted by atomic mass is 9.87. The molecule has 3 heterocycles. The minimum Gasteiger partial charge on any atom is -0.405 e. The number of rotatable bonds is 5. The minimum absolute atomic E-state index is 0.0864. The van der Waals surface area contributed by atoms with Crippen molar-refractivity contribution in [2.75, 3.05) is 32.0 Å². The van der Waals surface area contributed by atoms with E-state index < -0.39 is 0 Å². The lowest BCUT2D eigenvalue weighted by Gasteiger charge is -2.39. The van der Waals surface area contributed by atoms with Gasteiger partial charge < -0.3 is 20.9 Å². The fraction of sp³-hybridized carbons (Fsp3) is 0.400. The summed E-state index contributed by atoms with van der Waals surface area (Å²) in [6, 6.07) is 6.25. The number of benzene rings is 1. The number of hydrogen-bond donors (Lipinski definition) is 2. The summed E-state index contributed by atoms with van der Waals surface area (Å²) in [5, 5.41) is 4.31. The number of nitrogens with zero attached hydrogens (tertiary/aromatic N) is 2. The van der Waals surface area contributed by atoms with Crippen molar-refractivity contribution in [1.29, 1.82) is 0 Å². The molecule has 2 atom stereocenters. The van der Waals surface area contributed by atoms with Crippen molar-refractivity contribution in [2.24, 2.45) is 11.7 Å². The molecular formula is C25H33N4OP. The zero-order valence-electron chi connectivity index (χ0n) is 18.7. The lowest BCUT2D eigenvalue weighted by molar-refractivity contribution is -0.123. The van der Waals surface area contributed by atoms with Gasteiger partial charge in [0.1, 0.15) is 0 Å². The summed E-state index contributed by atoms with van der Waals surface area (Å²) in [6.45, 7) is 7.84. The van der Waals surface area contributed by atoms with Gasteiger partial charge in [0, 0.05) is 25.0 Å². The van der Waals surface area contributed by atoms with Gasteiger partial charge in [0.05, 0.1) is 5.78 Å². The Bertz CT molecular complexity index is 970. The van der Waals surface area contributed by atoms with Gasteiger partial charge in [0.25, 0.3) is 5.91 Å². The van der Waals surface area contributed by atoms with Crippen LogP contribution in [0.2, 0.25) is 0 Å². The van der Waals surface area contributed by atoms with E-state index in [0.717, 1.165) is 41.8 Å². The van der Waals surface area contributed by atoms with E-state index in [1.165, 1.54) is 24.0 Å². The molecule has 1 aromatic rings. The minimum atomic E-state index is 0.0864. The number of fused-ring (bicyclic) bond motifs is 1.